The van der Waals surface area contributed by atoms with Crippen LogP contribution in [0.1, 0.15) is 47.1 Å². The smallest absolute Gasteiger partial charge is 0.139 e. The summed E-state index contributed by atoms with van der Waals surface area (Å²) in [7, 11) is 0. The summed E-state index contributed by atoms with van der Waals surface area (Å²) in [6.45, 7) is 7.43. The lowest BCUT2D eigenvalue weighted by Gasteiger charge is -2.17. The van der Waals surface area contributed by atoms with Gasteiger partial charge in [0.1, 0.15) is 18.2 Å². The molecular weight excluding hydrogens is 262 g/mol. The van der Waals surface area contributed by atoms with Gasteiger partial charge < -0.3 is 10.5 Å². The monoisotopic (exact) mass is 283 g/mol. The molecule has 0 aliphatic carbocycles. The average Bonchev–Trinajstić information content (AvgIpc) is 2.90. The molecule has 1 aromatic carbocycles. The molecule has 2 atom stereocenters. The number of para-hydroxylation sites is 1. The molecule has 21 heavy (non-hydrogen) atoms. The van der Waals surface area contributed by atoms with Crippen LogP contribution in [0.3, 0.4) is 0 Å². The number of nitrogens with two attached hydrogens (primary N) is 1. The lowest BCUT2D eigenvalue weighted by molar-refractivity contribution is 0.339. The second kappa shape index (κ2) is 5.45. The zero-order valence-corrected chi connectivity index (χ0v) is 12.8. The second-order valence-corrected chi connectivity index (χ2v) is 5.70. The molecule has 2 aromatic rings. The third-order valence-corrected chi connectivity index (χ3v) is 4.20. The van der Waals surface area contributed by atoms with Crippen molar-refractivity contribution < 1.29 is 4.74 Å². The zero-order valence-electron chi connectivity index (χ0n) is 12.8. The lowest BCUT2D eigenvalue weighted by atomic mass is 9.96. The lowest BCUT2D eigenvalue weighted by Crippen LogP contribution is -2.16. The largest absolute Gasteiger partial charge is 0.492 e. The van der Waals surface area contributed by atoms with E-state index in [4.69, 9.17) is 20.4 Å². The molecule has 3 rings (SSSR count). The van der Waals surface area contributed by atoms with Crippen LogP contribution in [0.4, 0.5) is 0 Å². The molecular formula is C17H21N3O. The predicted molar refractivity (Wildman–Crippen MR) is 82.8 cm³/mol. The number of aryl methyl sites for hydroxylation is 2. The molecule has 0 fully saturated rings. The van der Waals surface area contributed by atoms with E-state index in [1.165, 1.54) is 11.1 Å². The highest BCUT2D eigenvalue weighted by atomic mass is 16.5. The van der Waals surface area contributed by atoms with E-state index < -0.39 is 0 Å². The molecule has 4 heteroatoms. The summed E-state index contributed by atoms with van der Waals surface area (Å²) < 4.78 is 5.74. The van der Waals surface area contributed by atoms with Crippen LogP contribution < -0.4 is 10.5 Å². The minimum Gasteiger partial charge on any atom is -0.492 e. The van der Waals surface area contributed by atoms with E-state index in [-0.39, 0.29) is 11.8 Å². The molecule has 0 saturated heterocycles. The fourth-order valence-corrected chi connectivity index (χ4v) is 3.11. The van der Waals surface area contributed by atoms with Crippen LogP contribution in [0.5, 0.6) is 5.75 Å². The topological polar surface area (TPSA) is 61.0 Å². The Kier molecular flexibility index (Phi) is 3.64. The van der Waals surface area contributed by atoms with Gasteiger partial charge in [0.25, 0.3) is 0 Å². The Morgan fingerprint density at radius 3 is 2.57 bits per heavy atom. The Balaban J connectivity index is 2.02. The summed E-state index contributed by atoms with van der Waals surface area (Å²) in [5.74, 6) is 2.20. The van der Waals surface area contributed by atoms with Crippen molar-refractivity contribution in [2.24, 2.45) is 5.73 Å². The van der Waals surface area contributed by atoms with Gasteiger partial charge in [-0.3, -0.25) is 0 Å². The molecule has 2 heterocycles. The van der Waals surface area contributed by atoms with Crippen molar-refractivity contribution in [2.45, 2.75) is 32.6 Å². The quantitative estimate of drug-likeness (QED) is 0.940. The van der Waals surface area contributed by atoms with Crippen LogP contribution in [-0.2, 0) is 0 Å². The van der Waals surface area contributed by atoms with Crippen LogP contribution in [0.25, 0.3) is 0 Å². The van der Waals surface area contributed by atoms with Gasteiger partial charge in [0.2, 0.25) is 0 Å². The molecule has 4 nitrogen and oxygen atoms in total. The maximum atomic E-state index is 5.79. The highest BCUT2D eigenvalue weighted by Crippen LogP contribution is 2.37. The number of benzene rings is 1. The van der Waals surface area contributed by atoms with Gasteiger partial charge in [-0.05, 0) is 37.9 Å². The first kappa shape index (κ1) is 14.0. The summed E-state index contributed by atoms with van der Waals surface area (Å²) in [4.78, 5) is 9.47. The molecule has 0 spiro atoms. The number of aromatic nitrogens is 2. The first-order valence-electron chi connectivity index (χ1n) is 7.38. The standard InChI is InChI=1S/C17H21N3O/c1-10(8-18)16-11(2)19-17(20-12(16)3)14-9-21-15-7-5-4-6-13(14)15/h4-7,10,14H,8-9,18H2,1-3H3. The molecule has 1 aliphatic rings. The fraction of sp³-hybridized carbons (Fsp3) is 0.412. The Morgan fingerprint density at radius 1 is 1.24 bits per heavy atom. The molecule has 2 unspecified atom stereocenters. The maximum absolute atomic E-state index is 5.79. The van der Waals surface area contributed by atoms with Crippen molar-refractivity contribution in [1.82, 2.24) is 9.97 Å². The third-order valence-electron chi connectivity index (χ3n) is 4.20. The van der Waals surface area contributed by atoms with Crippen LogP contribution in [0, 0.1) is 13.8 Å². The first-order chi connectivity index (χ1) is 10.1. The van der Waals surface area contributed by atoms with Crippen molar-refractivity contribution in [1.29, 1.82) is 0 Å². The summed E-state index contributed by atoms with van der Waals surface area (Å²) in [6.07, 6.45) is 0. The SMILES string of the molecule is Cc1nc(C2COc3ccccc32)nc(C)c1C(C)CN. The van der Waals surface area contributed by atoms with Crippen LogP contribution >= 0.6 is 0 Å². The van der Waals surface area contributed by atoms with Gasteiger partial charge in [-0.1, -0.05) is 25.1 Å². The van der Waals surface area contributed by atoms with Gasteiger partial charge in [-0.25, -0.2) is 9.97 Å². The van der Waals surface area contributed by atoms with Gasteiger partial charge in [0.15, 0.2) is 0 Å². The number of rotatable bonds is 3. The van der Waals surface area contributed by atoms with E-state index in [0.29, 0.717) is 13.2 Å². The van der Waals surface area contributed by atoms with Gasteiger partial charge in [0.05, 0.1) is 5.92 Å². The Morgan fingerprint density at radius 2 is 1.90 bits per heavy atom. The van der Waals surface area contributed by atoms with E-state index in [2.05, 4.69) is 13.0 Å². The molecule has 0 bridgehead atoms. The molecule has 0 radical (unpaired) electrons. The number of hydrogen-bond acceptors (Lipinski definition) is 4. The summed E-state index contributed by atoms with van der Waals surface area (Å²) in [5.41, 5.74) is 10.2. The maximum Gasteiger partial charge on any atom is 0.139 e. The van der Waals surface area contributed by atoms with Crippen molar-refractivity contribution in [3.63, 3.8) is 0 Å². The summed E-state index contributed by atoms with van der Waals surface area (Å²) in [6, 6.07) is 8.12. The molecule has 110 valence electrons. The number of hydrogen-bond donors (Lipinski definition) is 1. The fourth-order valence-electron chi connectivity index (χ4n) is 3.11. The average molecular weight is 283 g/mol. The van der Waals surface area contributed by atoms with Crippen LogP contribution in [0.15, 0.2) is 24.3 Å². The number of fused-ring (bicyclic) bond motifs is 1. The minimum atomic E-state index is 0.126. The van der Waals surface area contributed by atoms with Gasteiger partial charge in [0, 0.05) is 17.0 Å². The van der Waals surface area contributed by atoms with Gasteiger partial charge >= 0.3 is 0 Å². The van der Waals surface area contributed by atoms with Crippen molar-refractivity contribution >= 4 is 0 Å². The van der Waals surface area contributed by atoms with Crippen LogP contribution in [-0.4, -0.2) is 23.1 Å². The highest BCUT2D eigenvalue weighted by molar-refractivity contribution is 5.43. The minimum absolute atomic E-state index is 0.126. The zero-order chi connectivity index (χ0) is 15.0. The molecule has 2 N–H and O–H groups in total. The first-order valence-corrected chi connectivity index (χ1v) is 7.38. The second-order valence-electron chi connectivity index (χ2n) is 5.70. The molecule has 1 aromatic heterocycles. The van der Waals surface area contributed by atoms with Gasteiger partial charge in [-0.15, -0.1) is 0 Å². The Labute approximate surface area is 125 Å². The van der Waals surface area contributed by atoms with E-state index >= 15 is 0 Å². The Bertz CT molecular complexity index is 646. The summed E-state index contributed by atoms with van der Waals surface area (Å²) >= 11 is 0. The Hall–Kier alpha value is -1.94. The molecule has 1 aliphatic heterocycles. The predicted octanol–water partition coefficient (Wildman–Crippen LogP) is 2.68. The number of nitrogens with zero attached hydrogens (tertiary/aromatic N) is 2. The van der Waals surface area contributed by atoms with Gasteiger partial charge in [-0.2, -0.15) is 0 Å². The van der Waals surface area contributed by atoms with E-state index in [9.17, 15) is 0 Å². The van der Waals surface area contributed by atoms with Crippen molar-refractivity contribution in [3.8, 4) is 5.75 Å². The van der Waals surface area contributed by atoms with E-state index in [1.807, 2.05) is 32.0 Å². The number of ether oxygens (including phenoxy) is 1. The third kappa shape index (κ3) is 2.40. The van der Waals surface area contributed by atoms with Crippen molar-refractivity contribution in [2.75, 3.05) is 13.2 Å². The van der Waals surface area contributed by atoms with Crippen LogP contribution in [0.2, 0.25) is 0 Å². The molecule has 0 saturated carbocycles. The normalized spacial score (nSPS) is 18.2. The summed E-state index contributed by atoms with van der Waals surface area (Å²) in [5, 5.41) is 0. The molecule has 0 amide bonds. The highest BCUT2D eigenvalue weighted by Gasteiger charge is 2.28. The van der Waals surface area contributed by atoms with Crippen molar-refractivity contribution in [3.05, 3.63) is 52.6 Å². The van der Waals surface area contributed by atoms with E-state index in [1.54, 1.807) is 0 Å². The van der Waals surface area contributed by atoms with E-state index in [0.717, 1.165) is 23.0 Å².